The highest BCUT2D eigenvalue weighted by atomic mass is 16.5. The molecule has 98 valence electrons. The van der Waals surface area contributed by atoms with E-state index >= 15 is 0 Å². The number of aliphatic hydroxyl groups excluding tert-OH is 1. The molecule has 1 unspecified atom stereocenters. The van der Waals surface area contributed by atoms with E-state index in [-0.39, 0.29) is 12.5 Å². The summed E-state index contributed by atoms with van der Waals surface area (Å²) in [7, 11) is 1.63. The number of carbonyl (C=O) groups is 1. The van der Waals surface area contributed by atoms with Crippen molar-refractivity contribution in [3.05, 3.63) is 29.3 Å². The lowest BCUT2D eigenvalue weighted by atomic mass is 9.95. The van der Waals surface area contributed by atoms with Crippen LogP contribution < -0.4 is 4.74 Å². The largest absolute Gasteiger partial charge is 0.497 e. The van der Waals surface area contributed by atoms with E-state index in [0.29, 0.717) is 0 Å². The molecule has 1 N–H and O–H groups in total. The molecule has 1 aromatic carbocycles. The van der Waals surface area contributed by atoms with Crippen molar-refractivity contribution in [3.8, 4) is 5.75 Å². The van der Waals surface area contributed by atoms with Gasteiger partial charge in [-0.25, -0.2) is 4.79 Å². The second-order valence-corrected chi connectivity index (χ2v) is 4.41. The molecule has 0 radical (unpaired) electrons. The predicted molar refractivity (Wildman–Crippen MR) is 66.7 cm³/mol. The molecule has 0 bridgehead atoms. The fourth-order valence-electron chi connectivity index (χ4n) is 2.47. The molecule has 2 atom stereocenters. The number of rotatable bonds is 4. The van der Waals surface area contributed by atoms with Crippen LogP contribution >= 0.6 is 0 Å². The van der Waals surface area contributed by atoms with Crippen LogP contribution in [-0.2, 0) is 16.0 Å². The third kappa shape index (κ3) is 2.34. The lowest BCUT2D eigenvalue weighted by Crippen LogP contribution is -2.28. The Labute approximate surface area is 107 Å². The van der Waals surface area contributed by atoms with Gasteiger partial charge in [-0.05, 0) is 43.0 Å². The normalized spacial score (nSPS) is 19.2. The highest BCUT2D eigenvalue weighted by molar-refractivity contribution is 5.76. The summed E-state index contributed by atoms with van der Waals surface area (Å²) in [6, 6.07) is 5.75. The Kier molecular flexibility index (Phi) is 3.87. The van der Waals surface area contributed by atoms with Gasteiger partial charge in [-0.1, -0.05) is 6.07 Å². The number of benzene rings is 1. The van der Waals surface area contributed by atoms with Crippen molar-refractivity contribution >= 4 is 5.97 Å². The minimum atomic E-state index is -1.07. The van der Waals surface area contributed by atoms with Gasteiger partial charge >= 0.3 is 5.97 Å². The van der Waals surface area contributed by atoms with Gasteiger partial charge in [-0.2, -0.15) is 0 Å². The molecule has 0 heterocycles. The van der Waals surface area contributed by atoms with Gasteiger partial charge in [0.2, 0.25) is 0 Å². The molecule has 4 nitrogen and oxygen atoms in total. The van der Waals surface area contributed by atoms with E-state index in [1.807, 2.05) is 18.2 Å². The summed E-state index contributed by atoms with van der Waals surface area (Å²) in [6.07, 6.45) is 0.551. The summed E-state index contributed by atoms with van der Waals surface area (Å²) in [4.78, 5) is 11.6. The lowest BCUT2D eigenvalue weighted by molar-refractivity contribution is -0.154. The van der Waals surface area contributed by atoms with Gasteiger partial charge in [0.15, 0.2) is 6.10 Å². The average Bonchev–Trinajstić information content (AvgIpc) is 2.80. The van der Waals surface area contributed by atoms with Crippen LogP contribution in [0.25, 0.3) is 0 Å². The molecule has 0 spiro atoms. The topological polar surface area (TPSA) is 55.8 Å². The Morgan fingerprint density at radius 2 is 2.33 bits per heavy atom. The van der Waals surface area contributed by atoms with Gasteiger partial charge in [-0.3, -0.25) is 0 Å². The molecule has 0 aromatic heterocycles. The first kappa shape index (κ1) is 12.9. The van der Waals surface area contributed by atoms with Crippen LogP contribution in [0, 0.1) is 0 Å². The van der Waals surface area contributed by atoms with Gasteiger partial charge in [0.05, 0.1) is 13.7 Å². The van der Waals surface area contributed by atoms with E-state index in [1.54, 1.807) is 14.0 Å². The van der Waals surface area contributed by atoms with Crippen LogP contribution in [0.3, 0.4) is 0 Å². The monoisotopic (exact) mass is 250 g/mol. The molecule has 4 heteroatoms. The van der Waals surface area contributed by atoms with E-state index in [4.69, 9.17) is 9.47 Å². The van der Waals surface area contributed by atoms with Crippen LogP contribution in [0.1, 0.15) is 30.4 Å². The van der Waals surface area contributed by atoms with Crippen molar-refractivity contribution in [1.29, 1.82) is 0 Å². The first-order valence-electron chi connectivity index (χ1n) is 6.19. The number of aryl methyl sites for hydroxylation is 1. The standard InChI is InChI=1S/C14H18O4/c1-3-18-14(16)13(15)12-6-4-9-8-10(17-2)5-7-11(9)12/h5,7-8,12-13,15H,3-4,6H2,1-2H3/t12-,13?/m1/s1. The van der Waals surface area contributed by atoms with Gasteiger partial charge in [-0.15, -0.1) is 0 Å². The maximum Gasteiger partial charge on any atom is 0.335 e. The summed E-state index contributed by atoms with van der Waals surface area (Å²) in [6.45, 7) is 2.02. The summed E-state index contributed by atoms with van der Waals surface area (Å²) in [5, 5.41) is 10.0. The summed E-state index contributed by atoms with van der Waals surface area (Å²) in [5.41, 5.74) is 2.17. The lowest BCUT2D eigenvalue weighted by Gasteiger charge is -2.17. The number of ether oxygens (including phenoxy) is 2. The highest BCUT2D eigenvalue weighted by Gasteiger charge is 2.33. The van der Waals surface area contributed by atoms with Crippen LogP contribution in [0.15, 0.2) is 18.2 Å². The second kappa shape index (κ2) is 5.40. The predicted octanol–water partition coefficient (Wildman–Crippen LogP) is 1.65. The molecular formula is C14H18O4. The fraction of sp³-hybridized carbons (Fsp3) is 0.500. The molecule has 0 amide bonds. The Balaban J connectivity index is 2.18. The van der Waals surface area contributed by atoms with Crippen LogP contribution in [0.4, 0.5) is 0 Å². The minimum Gasteiger partial charge on any atom is -0.497 e. The summed E-state index contributed by atoms with van der Waals surface area (Å²) in [5.74, 6) is 0.108. The van der Waals surface area contributed by atoms with Crippen molar-refractivity contribution in [2.75, 3.05) is 13.7 Å². The molecule has 0 saturated carbocycles. The molecule has 0 saturated heterocycles. The van der Waals surface area contributed by atoms with E-state index in [2.05, 4.69) is 0 Å². The minimum absolute atomic E-state index is 0.162. The number of carbonyl (C=O) groups excluding carboxylic acids is 1. The molecule has 1 aromatic rings. The Hall–Kier alpha value is -1.55. The number of methoxy groups -OCH3 is 1. The van der Waals surface area contributed by atoms with E-state index < -0.39 is 12.1 Å². The summed E-state index contributed by atoms with van der Waals surface area (Å²) < 4.78 is 10.0. The summed E-state index contributed by atoms with van der Waals surface area (Å²) >= 11 is 0. The number of hydrogen-bond donors (Lipinski definition) is 1. The molecule has 1 aliphatic rings. The maximum absolute atomic E-state index is 11.6. The maximum atomic E-state index is 11.6. The van der Waals surface area contributed by atoms with E-state index in [9.17, 15) is 9.90 Å². The SMILES string of the molecule is CCOC(=O)C(O)[C@@H]1CCc2cc(OC)ccc21. The molecule has 2 rings (SSSR count). The van der Waals surface area contributed by atoms with Crippen LogP contribution in [0.2, 0.25) is 0 Å². The Morgan fingerprint density at radius 3 is 3.00 bits per heavy atom. The van der Waals surface area contributed by atoms with Gasteiger partial charge in [0.1, 0.15) is 5.75 Å². The number of esters is 1. The number of fused-ring (bicyclic) bond motifs is 1. The van der Waals surface area contributed by atoms with Gasteiger partial charge in [0.25, 0.3) is 0 Å². The van der Waals surface area contributed by atoms with Crippen LogP contribution in [0.5, 0.6) is 5.75 Å². The van der Waals surface area contributed by atoms with Crippen molar-refractivity contribution in [2.45, 2.75) is 31.8 Å². The molecule has 0 fully saturated rings. The zero-order valence-corrected chi connectivity index (χ0v) is 10.7. The molecular weight excluding hydrogens is 232 g/mol. The zero-order valence-electron chi connectivity index (χ0n) is 10.7. The van der Waals surface area contributed by atoms with Crippen molar-refractivity contribution in [3.63, 3.8) is 0 Å². The fourth-order valence-corrected chi connectivity index (χ4v) is 2.47. The zero-order chi connectivity index (χ0) is 13.1. The van der Waals surface area contributed by atoms with E-state index in [0.717, 1.165) is 29.7 Å². The Morgan fingerprint density at radius 1 is 1.56 bits per heavy atom. The molecule has 18 heavy (non-hydrogen) atoms. The average molecular weight is 250 g/mol. The van der Waals surface area contributed by atoms with Gasteiger partial charge < -0.3 is 14.6 Å². The first-order chi connectivity index (χ1) is 8.67. The van der Waals surface area contributed by atoms with Crippen molar-refractivity contribution in [2.24, 2.45) is 0 Å². The highest BCUT2D eigenvalue weighted by Crippen LogP contribution is 2.37. The number of aliphatic hydroxyl groups is 1. The first-order valence-corrected chi connectivity index (χ1v) is 6.19. The molecule has 1 aliphatic carbocycles. The van der Waals surface area contributed by atoms with Crippen LogP contribution in [-0.4, -0.2) is 30.9 Å². The smallest absolute Gasteiger partial charge is 0.335 e. The molecule has 0 aliphatic heterocycles. The van der Waals surface area contributed by atoms with E-state index in [1.165, 1.54) is 0 Å². The van der Waals surface area contributed by atoms with Gasteiger partial charge in [0, 0.05) is 5.92 Å². The third-order valence-electron chi connectivity index (χ3n) is 3.38. The second-order valence-electron chi connectivity index (χ2n) is 4.41. The quantitative estimate of drug-likeness (QED) is 0.825. The number of hydrogen-bond acceptors (Lipinski definition) is 4. The third-order valence-corrected chi connectivity index (χ3v) is 3.38. The van der Waals surface area contributed by atoms with Crippen molar-refractivity contribution < 1.29 is 19.4 Å². The van der Waals surface area contributed by atoms with Crippen molar-refractivity contribution in [1.82, 2.24) is 0 Å². The Bertz CT molecular complexity index is 441.